The summed E-state index contributed by atoms with van der Waals surface area (Å²) in [5, 5.41) is 2.81. The number of hydrogen-bond acceptors (Lipinski definition) is 4. The molecule has 4 rings (SSSR count). The third-order valence-corrected chi connectivity index (χ3v) is 6.35. The Hall–Kier alpha value is -3.25. The van der Waals surface area contributed by atoms with E-state index in [2.05, 4.69) is 11.4 Å². The Balaban J connectivity index is 1.61. The first-order valence-corrected chi connectivity index (χ1v) is 11.1. The smallest absolute Gasteiger partial charge is 0.259 e. The van der Waals surface area contributed by atoms with Gasteiger partial charge < -0.3 is 10.1 Å². The lowest BCUT2D eigenvalue weighted by Crippen LogP contribution is -2.28. The van der Waals surface area contributed by atoms with E-state index in [0.29, 0.717) is 22.8 Å². The van der Waals surface area contributed by atoms with Gasteiger partial charge in [-0.2, -0.15) is 0 Å². The summed E-state index contributed by atoms with van der Waals surface area (Å²) >= 11 is 1.59. The van der Waals surface area contributed by atoms with E-state index < -0.39 is 0 Å². The third kappa shape index (κ3) is 4.44. The van der Waals surface area contributed by atoms with Crippen LogP contribution in [0.25, 0.3) is 0 Å². The van der Waals surface area contributed by atoms with Gasteiger partial charge in [0.2, 0.25) is 5.91 Å². The molecular formula is C25H24N2O3S. The number of amides is 2. The average molecular weight is 433 g/mol. The van der Waals surface area contributed by atoms with Crippen molar-refractivity contribution in [3.63, 3.8) is 0 Å². The lowest BCUT2D eigenvalue weighted by Gasteiger charge is -2.25. The van der Waals surface area contributed by atoms with E-state index in [0.717, 1.165) is 22.4 Å². The minimum Gasteiger partial charge on any atom is -0.496 e. The summed E-state index contributed by atoms with van der Waals surface area (Å²) in [4.78, 5) is 27.4. The number of carbonyl (C=O) groups excluding carboxylic acids is 2. The average Bonchev–Trinajstić information content (AvgIpc) is 3.14. The van der Waals surface area contributed by atoms with Gasteiger partial charge in [0, 0.05) is 11.4 Å². The van der Waals surface area contributed by atoms with Gasteiger partial charge in [0.15, 0.2) is 0 Å². The normalized spacial score (nSPS) is 15.8. The quantitative estimate of drug-likeness (QED) is 0.591. The SMILES string of the molecule is COc1ccccc1C(=O)Nc1cccc([C@@H]2SCC(=O)N2c2cc(C)cc(C)c2)c1. The maximum absolute atomic E-state index is 12.8. The minimum atomic E-state index is -0.240. The van der Waals surface area contributed by atoms with Gasteiger partial charge in [-0.05, 0) is 66.9 Å². The van der Waals surface area contributed by atoms with E-state index >= 15 is 0 Å². The number of nitrogens with zero attached hydrogens (tertiary/aromatic N) is 1. The van der Waals surface area contributed by atoms with Crippen LogP contribution < -0.4 is 15.0 Å². The number of rotatable bonds is 5. The summed E-state index contributed by atoms with van der Waals surface area (Å²) in [6.45, 7) is 4.07. The highest BCUT2D eigenvalue weighted by molar-refractivity contribution is 8.00. The van der Waals surface area contributed by atoms with Crippen LogP contribution in [0.1, 0.15) is 32.4 Å². The number of ether oxygens (including phenoxy) is 1. The maximum Gasteiger partial charge on any atom is 0.259 e. The topological polar surface area (TPSA) is 58.6 Å². The Bertz CT molecular complexity index is 1120. The van der Waals surface area contributed by atoms with Crippen LogP contribution >= 0.6 is 11.8 Å². The van der Waals surface area contributed by atoms with E-state index in [1.165, 1.54) is 0 Å². The van der Waals surface area contributed by atoms with E-state index in [-0.39, 0.29) is 17.2 Å². The van der Waals surface area contributed by atoms with Crippen LogP contribution in [-0.2, 0) is 4.79 Å². The summed E-state index contributed by atoms with van der Waals surface area (Å²) in [5.74, 6) is 0.795. The molecule has 1 aliphatic rings. The highest BCUT2D eigenvalue weighted by Gasteiger charge is 2.34. The molecule has 158 valence electrons. The van der Waals surface area contributed by atoms with Gasteiger partial charge in [0.05, 0.1) is 18.4 Å². The first kappa shape index (κ1) is 21.0. The van der Waals surface area contributed by atoms with Crippen molar-refractivity contribution in [1.29, 1.82) is 0 Å². The molecule has 6 heteroatoms. The van der Waals surface area contributed by atoms with Gasteiger partial charge in [0.1, 0.15) is 11.1 Å². The van der Waals surface area contributed by atoms with E-state index in [4.69, 9.17) is 4.74 Å². The van der Waals surface area contributed by atoms with Crippen molar-refractivity contribution in [2.45, 2.75) is 19.2 Å². The zero-order chi connectivity index (χ0) is 22.0. The van der Waals surface area contributed by atoms with Crippen molar-refractivity contribution >= 4 is 35.0 Å². The van der Waals surface area contributed by atoms with Crippen LogP contribution in [0.3, 0.4) is 0 Å². The Kier molecular flexibility index (Phi) is 6.00. The van der Waals surface area contributed by atoms with Crippen LogP contribution in [0.5, 0.6) is 5.75 Å². The molecule has 31 heavy (non-hydrogen) atoms. The fourth-order valence-corrected chi connectivity index (χ4v) is 5.01. The number of aryl methyl sites for hydroxylation is 2. The molecule has 1 N–H and O–H groups in total. The van der Waals surface area contributed by atoms with Crippen molar-refractivity contribution in [3.05, 3.63) is 89.0 Å². The van der Waals surface area contributed by atoms with Crippen molar-refractivity contribution in [2.24, 2.45) is 0 Å². The third-order valence-electron chi connectivity index (χ3n) is 5.13. The highest BCUT2D eigenvalue weighted by Crippen LogP contribution is 2.42. The molecule has 1 fully saturated rings. The van der Waals surface area contributed by atoms with Gasteiger partial charge >= 0.3 is 0 Å². The molecule has 0 bridgehead atoms. The summed E-state index contributed by atoms with van der Waals surface area (Å²) in [5.41, 5.74) is 5.26. The second-order valence-electron chi connectivity index (χ2n) is 7.55. The zero-order valence-corrected chi connectivity index (χ0v) is 18.5. The molecule has 1 heterocycles. The zero-order valence-electron chi connectivity index (χ0n) is 17.7. The Labute approximate surface area is 186 Å². The minimum absolute atomic E-state index is 0.0865. The van der Waals surface area contributed by atoms with Crippen molar-refractivity contribution in [1.82, 2.24) is 0 Å². The number of anilines is 2. The van der Waals surface area contributed by atoms with Crippen LogP contribution in [-0.4, -0.2) is 24.7 Å². The number of thioether (sulfide) groups is 1. The van der Waals surface area contributed by atoms with E-state index in [9.17, 15) is 9.59 Å². The van der Waals surface area contributed by atoms with Crippen LogP contribution in [0, 0.1) is 13.8 Å². The fourth-order valence-electron chi connectivity index (χ4n) is 3.84. The van der Waals surface area contributed by atoms with Gasteiger partial charge in [-0.25, -0.2) is 0 Å². The monoisotopic (exact) mass is 432 g/mol. The predicted octanol–water partition coefficient (Wildman–Crippen LogP) is 5.34. The number of nitrogens with one attached hydrogen (secondary N) is 1. The molecule has 0 aromatic heterocycles. The summed E-state index contributed by atoms with van der Waals surface area (Å²) in [6.07, 6.45) is 0. The molecule has 0 spiro atoms. The first-order valence-electron chi connectivity index (χ1n) is 10.0. The second-order valence-corrected chi connectivity index (χ2v) is 8.62. The number of carbonyl (C=O) groups is 2. The second kappa shape index (κ2) is 8.86. The van der Waals surface area contributed by atoms with E-state index in [1.807, 2.05) is 61.2 Å². The van der Waals surface area contributed by atoms with E-state index in [1.54, 1.807) is 37.1 Å². The van der Waals surface area contributed by atoms with Gasteiger partial charge in [0.25, 0.3) is 5.91 Å². The first-order chi connectivity index (χ1) is 15.0. The molecule has 5 nitrogen and oxygen atoms in total. The summed E-state index contributed by atoms with van der Waals surface area (Å²) in [7, 11) is 1.54. The summed E-state index contributed by atoms with van der Waals surface area (Å²) in [6, 6.07) is 21.0. The number of para-hydroxylation sites is 1. The molecule has 2 amide bonds. The standard InChI is InChI=1S/C25H24N2O3S/c1-16-11-17(2)13-20(12-16)27-23(28)15-31-25(27)18-7-6-8-19(14-18)26-24(29)21-9-4-5-10-22(21)30-3/h4-14,25H,15H2,1-3H3,(H,26,29)/t25-/m0/s1. The Morgan fingerprint density at radius 1 is 1.03 bits per heavy atom. The molecule has 1 aliphatic heterocycles. The molecule has 0 radical (unpaired) electrons. The summed E-state index contributed by atoms with van der Waals surface area (Å²) < 4.78 is 5.29. The molecular weight excluding hydrogens is 408 g/mol. The van der Waals surface area contributed by atoms with Crippen molar-refractivity contribution < 1.29 is 14.3 Å². The number of hydrogen-bond donors (Lipinski definition) is 1. The largest absolute Gasteiger partial charge is 0.496 e. The molecule has 3 aromatic carbocycles. The Morgan fingerprint density at radius 2 is 1.77 bits per heavy atom. The van der Waals surface area contributed by atoms with Crippen molar-refractivity contribution in [3.8, 4) is 5.75 Å². The molecule has 0 aliphatic carbocycles. The number of methoxy groups -OCH3 is 1. The lowest BCUT2D eigenvalue weighted by atomic mass is 10.1. The van der Waals surface area contributed by atoms with Gasteiger partial charge in [-0.15, -0.1) is 11.8 Å². The van der Waals surface area contributed by atoms with Crippen molar-refractivity contribution in [2.75, 3.05) is 23.1 Å². The van der Waals surface area contributed by atoms with Crippen LogP contribution in [0.15, 0.2) is 66.7 Å². The molecule has 3 aromatic rings. The van der Waals surface area contributed by atoms with Gasteiger partial charge in [-0.1, -0.05) is 30.3 Å². The van der Waals surface area contributed by atoms with Crippen LogP contribution in [0.4, 0.5) is 11.4 Å². The molecule has 1 saturated heterocycles. The maximum atomic E-state index is 12.8. The fraction of sp³-hybridized carbons (Fsp3) is 0.200. The van der Waals surface area contributed by atoms with Crippen LogP contribution in [0.2, 0.25) is 0 Å². The highest BCUT2D eigenvalue weighted by atomic mass is 32.2. The van der Waals surface area contributed by atoms with Gasteiger partial charge in [-0.3, -0.25) is 14.5 Å². The molecule has 1 atom stereocenters. The number of benzene rings is 3. The lowest BCUT2D eigenvalue weighted by molar-refractivity contribution is -0.115. The molecule has 0 saturated carbocycles. The predicted molar refractivity (Wildman–Crippen MR) is 126 cm³/mol. The molecule has 0 unspecified atom stereocenters. The Morgan fingerprint density at radius 3 is 2.52 bits per heavy atom.